The van der Waals surface area contributed by atoms with Crippen LogP contribution >= 0.6 is 0 Å². The van der Waals surface area contributed by atoms with E-state index in [1.807, 2.05) is 0 Å². The summed E-state index contributed by atoms with van der Waals surface area (Å²) in [6, 6.07) is 0.451. The fourth-order valence-corrected chi connectivity index (χ4v) is 3.44. The second-order valence-corrected chi connectivity index (χ2v) is 7.14. The third-order valence-corrected chi connectivity index (χ3v) is 5.12. The molecule has 2 rings (SSSR count). The van der Waals surface area contributed by atoms with Gasteiger partial charge in [-0.05, 0) is 25.4 Å². The van der Waals surface area contributed by atoms with Crippen LogP contribution in [-0.2, 0) is 4.79 Å². The Labute approximate surface area is 129 Å². The van der Waals surface area contributed by atoms with Crippen LogP contribution in [0.3, 0.4) is 0 Å². The van der Waals surface area contributed by atoms with Crippen LogP contribution in [0.25, 0.3) is 0 Å². The molecular formula is C16H32N4O. The fraction of sp³-hybridized carbons (Fsp3) is 0.938. The van der Waals surface area contributed by atoms with Gasteiger partial charge in [0.05, 0.1) is 5.92 Å². The molecule has 0 radical (unpaired) electrons. The highest BCUT2D eigenvalue weighted by molar-refractivity contribution is 5.79. The van der Waals surface area contributed by atoms with Gasteiger partial charge in [0.1, 0.15) is 0 Å². The monoisotopic (exact) mass is 296 g/mol. The molecule has 0 bridgehead atoms. The Bertz CT molecular complexity index is 339. The largest absolute Gasteiger partial charge is 0.354 e. The quantitative estimate of drug-likeness (QED) is 0.762. The highest BCUT2D eigenvalue weighted by Gasteiger charge is 2.31. The second-order valence-electron chi connectivity index (χ2n) is 7.14. The molecule has 2 N–H and O–H groups in total. The maximum atomic E-state index is 12.3. The van der Waals surface area contributed by atoms with Crippen LogP contribution in [0, 0.1) is 17.8 Å². The van der Waals surface area contributed by atoms with Gasteiger partial charge in [-0.1, -0.05) is 20.8 Å². The highest BCUT2D eigenvalue weighted by Crippen LogP contribution is 2.17. The first-order chi connectivity index (χ1) is 9.99. The van der Waals surface area contributed by atoms with Crippen molar-refractivity contribution in [1.29, 1.82) is 0 Å². The molecule has 2 saturated heterocycles. The van der Waals surface area contributed by atoms with Crippen LogP contribution in [0.4, 0.5) is 0 Å². The lowest BCUT2D eigenvalue weighted by Crippen LogP contribution is -2.54. The van der Waals surface area contributed by atoms with Gasteiger partial charge in [-0.2, -0.15) is 0 Å². The summed E-state index contributed by atoms with van der Waals surface area (Å²) in [7, 11) is 2.18. The van der Waals surface area contributed by atoms with Crippen molar-refractivity contribution in [2.45, 2.75) is 26.8 Å². The fourth-order valence-electron chi connectivity index (χ4n) is 3.44. The van der Waals surface area contributed by atoms with Crippen molar-refractivity contribution in [2.75, 3.05) is 52.9 Å². The van der Waals surface area contributed by atoms with E-state index < -0.39 is 0 Å². The predicted octanol–water partition coefficient (Wildman–Crippen LogP) is 0.230. The molecule has 3 atom stereocenters. The van der Waals surface area contributed by atoms with E-state index in [0.717, 1.165) is 45.8 Å². The Morgan fingerprint density at radius 1 is 1.24 bits per heavy atom. The van der Waals surface area contributed by atoms with Crippen LogP contribution in [0.5, 0.6) is 0 Å². The lowest BCUT2D eigenvalue weighted by molar-refractivity contribution is -0.125. The smallest absolute Gasteiger partial charge is 0.224 e. The van der Waals surface area contributed by atoms with E-state index in [1.165, 1.54) is 0 Å². The van der Waals surface area contributed by atoms with Gasteiger partial charge >= 0.3 is 0 Å². The topological polar surface area (TPSA) is 47.6 Å². The first kappa shape index (κ1) is 16.7. The summed E-state index contributed by atoms with van der Waals surface area (Å²) in [4.78, 5) is 17.3. The number of likely N-dealkylation sites (N-methyl/N-ethyl adjacent to an activating group) is 1. The second kappa shape index (κ2) is 7.56. The van der Waals surface area contributed by atoms with Gasteiger partial charge in [-0.25, -0.2) is 0 Å². The summed E-state index contributed by atoms with van der Waals surface area (Å²) in [5.74, 6) is 1.39. The van der Waals surface area contributed by atoms with Crippen molar-refractivity contribution in [2.24, 2.45) is 17.8 Å². The molecule has 0 saturated carbocycles. The van der Waals surface area contributed by atoms with Gasteiger partial charge in [0.2, 0.25) is 5.91 Å². The summed E-state index contributed by atoms with van der Waals surface area (Å²) in [5.41, 5.74) is 0. The van der Waals surface area contributed by atoms with Gasteiger partial charge in [0, 0.05) is 45.3 Å². The van der Waals surface area contributed by atoms with Crippen LogP contribution in [0.15, 0.2) is 0 Å². The van der Waals surface area contributed by atoms with Crippen LogP contribution in [-0.4, -0.2) is 74.6 Å². The Morgan fingerprint density at radius 3 is 2.43 bits per heavy atom. The van der Waals surface area contributed by atoms with Crippen molar-refractivity contribution in [3.63, 3.8) is 0 Å². The predicted molar refractivity (Wildman–Crippen MR) is 86.2 cm³/mol. The third-order valence-electron chi connectivity index (χ3n) is 5.12. The number of hydrogen-bond donors (Lipinski definition) is 2. The molecular weight excluding hydrogens is 264 g/mol. The molecule has 0 aromatic carbocycles. The van der Waals surface area contributed by atoms with E-state index in [1.54, 1.807) is 0 Å². The summed E-state index contributed by atoms with van der Waals surface area (Å²) >= 11 is 0. The maximum absolute atomic E-state index is 12.3. The first-order valence-corrected chi connectivity index (χ1v) is 8.40. The Morgan fingerprint density at radius 2 is 1.90 bits per heavy atom. The maximum Gasteiger partial charge on any atom is 0.224 e. The third kappa shape index (κ3) is 4.41. The minimum absolute atomic E-state index is 0.144. The van der Waals surface area contributed by atoms with E-state index in [-0.39, 0.29) is 11.8 Å². The standard InChI is InChI=1S/C16H32N4O/c1-12(2)15(20-7-5-19(4)6-8-20)11-18-16(21)14-10-17-9-13(14)3/h12-15,17H,5-11H2,1-4H3,(H,18,21). The minimum atomic E-state index is 0.144. The zero-order valence-corrected chi connectivity index (χ0v) is 14.1. The molecule has 2 fully saturated rings. The summed E-state index contributed by atoms with van der Waals surface area (Å²) in [5, 5.41) is 6.52. The van der Waals surface area contributed by atoms with Crippen molar-refractivity contribution < 1.29 is 4.79 Å². The Hall–Kier alpha value is -0.650. The van der Waals surface area contributed by atoms with Gasteiger partial charge in [0.25, 0.3) is 0 Å². The van der Waals surface area contributed by atoms with E-state index in [9.17, 15) is 4.79 Å². The molecule has 0 spiro atoms. The summed E-state index contributed by atoms with van der Waals surface area (Å²) in [6.07, 6.45) is 0. The van der Waals surface area contributed by atoms with Crippen molar-refractivity contribution in [3.05, 3.63) is 0 Å². The van der Waals surface area contributed by atoms with E-state index in [4.69, 9.17) is 0 Å². The number of piperazine rings is 1. The molecule has 122 valence electrons. The first-order valence-electron chi connectivity index (χ1n) is 8.40. The van der Waals surface area contributed by atoms with Crippen molar-refractivity contribution >= 4 is 5.91 Å². The molecule has 3 unspecified atom stereocenters. The van der Waals surface area contributed by atoms with Gasteiger partial charge in [-0.3, -0.25) is 9.69 Å². The molecule has 0 aliphatic carbocycles. The summed E-state index contributed by atoms with van der Waals surface area (Å²) < 4.78 is 0. The summed E-state index contributed by atoms with van der Waals surface area (Å²) in [6.45, 7) is 13.7. The van der Waals surface area contributed by atoms with Crippen LogP contribution in [0.1, 0.15) is 20.8 Å². The molecule has 1 amide bonds. The van der Waals surface area contributed by atoms with Gasteiger partial charge in [-0.15, -0.1) is 0 Å². The molecule has 2 aliphatic heterocycles. The normalized spacial score (nSPS) is 29.8. The molecule has 0 aromatic rings. The molecule has 5 heteroatoms. The number of nitrogens with zero attached hydrogens (tertiary/aromatic N) is 2. The number of carbonyl (C=O) groups excluding carboxylic acids is 1. The van der Waals surface area contributed by atoms with Gasteiger partial charge < -0.3 is 15.5 Å². The molecule has 21 heavy (non-hydrogen) atoms. The van der Waals surface area contributed by atoms with E-state index in [0.29, 0.717) is 17.9 Å². The number of hydrogen-bond acceptors (Lipinski definition) is 4. The Kier molecular flexibility index (Phi) is 6.02. The Balaban J connectivity index is 1.84. The van der Waals surface area contributed by atoms with E-state index in [2.05, 4.69) is 48.3 Å². The number of rotatable bonds is 5. The minimum Gasteiger partial charge on any atom is -0.354 e. The average Bonchev–Trinajstić information content (AvgIpc) is 2.86. The average molecular weight is 296 g/mol. The zero-order valence-electron chi connectivity index (χ0n) is 14.1. The van der Waals surface area contributed by atoms with Crippen LogP contribution in [0.2, 0.25) is 0 Å². The van der Waals surface area contributed by atoms with E-state index >= 15 is 0 Å². The highest BCUT2D eigenvalue weighted by atomic mass is 16.1. The zero-order chi connectivity index (χ0) is 15.4. The van der Waals surface area contributed by atoms with Crippen molar-refractivity contribution in [1.82, 2.24) is 20.4 Å². The number of amides is 1. The number of nitrogens with one attached hydrogen (secondary N) is 2. The van der Waals surface area contributed by atoms with Crippen molar-refractivity contribution in [3.8, 4) is 0 Å². The lowest BCUT2D eigenvalue weighted by Gasteiger charge is -2.40. The molecule has 2 aliphatic rings. The molecule has 0 aromatic heterocycles. The SMILES string of the molecule is CC(C)C(CNC(=O)C1CNCC1C)N1CCN(C)CC1. The molecule has 2 heterocycles. The van der Waals surface area contributed by atoms with Gasteiger partial charge in [0.15, 0.2) is 0 Å². The number of carbonyl (C=O) groups is 1. The lowest BCUT2D eigenvalue weighted by atomic mass is 9.96. The molecule has 5 nitrogen and oxygen atoms in total. The van der Waals surface area contributed by atoms with Crippen LogP contribution < -0.4 is 10.6 Å².